The molecule has 1 saturated carbocycles. The van der Waals surface area contributed by atoms with Crippen LogP contribution in [0.3, 0.4) is 0 Å². The SMILES string of the molecule is N#CCC(C1CCCC1)n1cc(-c2c(CN=O)cnn3cccc23)cn1. The number of nitriles is 1. The molecule has 1 aliphatic rings. The maximum atomic E-state index is 10.9. The van der Waals surface area contributed by atoms with Crippen LogP contribution in [0.15, 0.2) is 42.1 Å². The predicted octanol–water partition coefficient (Wildman–Crippen LogP) is 4.11. The largest absolute Gasteiger partial charge is 0.268 e. The van der Waals surface area contributed by atoms with Gasteiger partial charge in [0.1, 0.15) is 6.54 Å². The smallest absolute Gasteiger partial charge is 0.108 e. The van der Waals surface area contributed by atoms with Gasteiger partial charge in [0.05, 0.1) is 36.4 Å². The minimum absolute atomic E-state index is 0.0689. The number of hydrogen-bond donors (Lipinski definition) is 0. The Kier molecular flexibility index (Phi) is 4.48. The van der Waals surface area contributed by atoms with Crippen LogP contribution in [0.1, 0.15) is 43.7 Å². The summed E-state index contributed by atoms with van der Waals surface area (Å²) in [7, 11) is 0. The molecule has 0 spiro atoms. The Morgan fingerprint density at radius 1 is 1.31 bits per heavy atom. The molecule has 7 heteroatoms. The highest BCUT2D eigenvalue weighted by molar-refractivity contribution is 5.82. The number of rotatable bonds is 6. The molecule has 7 nitrogen and oxygen atoms in total. The first-order valence-corrected chi connectivity index (χ1v) is 8.97. The van der Waals surface area contributed by atoms with Crippen LogP contribution in [0.5, 0.6) is 0 Å². The van der Waals surface area contributed by atoms with Crippen molar-refractivity contribution >= 4 is 5.52 Å². The summed E-state index contributed by atoms with van der Waals surface area (Å²) in [6.07, 6.45) is 12.6. The average Bonchev–Trinajstić information content (AvgIpc) is 3.40. The zero-order chi connectivity index (χ0) is 17.9. The number of aromatic nitrogens is 4. The van der Waals surface area contributed by atoms with E-state index in [9.17, 15) is 10.2 Å². The van der Waals surface area contributed by atoms with Crippen LogP contribution in [0.4, 0.5) is 0 Å². The topological polar surface area (TPSA) is 88.3 Å². The Hall–Kier alpha value is -3.01. The van der Waals surface area contributed by atoms with Crippen molar-refractivity contribution in [2.45, 2.75) is 44.7 Å². The second-order valence-electron chi connectivity index (χ2n) is 6.85. The third kappa shape index (κ3) is 2.88. The maximum absolute atomic E-state index is 10.9. The van der Waals surface area contributed by atoms with Crippen molar-refractivity contribution in [2.75, 3.05) is 0 Å². The first-order valence-electron chi connectivity index (χ1n) is 8.97. The van der Waals surface area contributed by atoms with Gasteiger partial charge in [0, 0.05) is 29.1 Å². The van der Waals surface area contributed by atoms with Gasteiger partial charge in [-0.05, 0) is 30.9 Å². The fourth-order valence-corrected chi connectivity index (χ4v) is 4.11. The van der Waals surface area contributed by atoms with Crippen molar-refractivity contribution in [1.29, 1.82) is 5.26 Å². The van der Waals surface area contributed by atoms with E-state index < -0.39 is 0 Å². The van der Waals surface area contributed by atoms with Crippen molar-refractivity contribution < 1.29 is 0 Å². The van der Waals surface area contributed by atoms with Gasteiger partial charge in [-0.3, -0.25) is 4.68 Å². The van der Waals surface area contributed by atoms with Gasteiger partial charge in [-0.15, -0.1) is 0 Å². The Morgan fingerprint density at radius 3 is 2.92 bits per heavy atom. The normalized spacial score (nSPS) is 16.0. The van der Waals surface area contributed by atoms with Gasteiger partial charge in [-0.25, -0.2) is 4.52 Å². The summed E-state index contributed by atoms with van der Waals surface area (Å²) in [4.78, 5) is 10.9. The van der Waals surface area contributed by atoms with E-state index in [0.717, 1.165) is 35.0 Å². The Morgan fingerprint density at radius 2 is 2.15 bits per heavy atom. The molecule has 1 aliphatic carbocycles. The van der Waals surface area contributed by atoms with E-state index in [-0.39, 0.29) is 12.6 Å². The summed E-state index contributed by atoms with van der Waals surface area (Å²) in [5.41, 5.74) is 3.56. The van der Waals surface area contributed by atoms with Crippen LogP contribution in [0.2, 0.25) is 0 Å². The predicted molar refractivity (Wildman–Crippen MR) is 97.1 cm³/mol. The summed E-state index contributed by atoms with van der Waals surface area (Å²) < 4.78 is 3.72. The lowest BCUT2D eigenvalue weighted by Gasteiger charge is -2.21. The fourth-order valence-electron chi connectivity index (χ4n) is 4.11. The van der Waals surface area contributed by atoms with E-state index in [4.69, 9.17) is 0 Å². The van der Waals surface area contributed by atoms with E-state index in [1.54, 1.807) is 10.7 Å². The van der Waals surface area contributed by atoms with E-state index >= 15 is 0 Å². The molecular weight excluding hydrogens is 328 g/mol. The van der Waals surface area contributed by atoms with Gasteiger partial charge in [0.15, 0.2) is 0 Å². The molecule has 3 aromatic rings. The third-order valence-corrected chi connectivity index (χ3v) is 5.35. The molecule has 0 aliphatic heterocycles. The van der Waals surface area contributed by atoms with E-state index in [1.165, 1.54) is 12.8 Å². The minimum Gasteiger partial charge on any atom is -0.268 e. The molecule has 0 N–H and O–H groups in total. The Balaban J connectivity index is 1.77. The van der Waals surface area contributed by atoms with E-state index in [2.05, 4.69) is 21.4 Å². The molecule has 3 aromatic heterocycles. The van der Waals surface area contributed by atoms with Crippen LogP contribution in [0, 0.1) is 22.2 Å². The molecule has 1 atom stereocenters. The third-order valence-electron chi connectivity index (χ3n) is 5.35. The highest BCUT2D eigenvalue weighted by atomic mass is 16.3. The van der Waals surface area contributed by atoms with Crippen LogP contribution in [0.25, 0.3) is 16.6 Å². The molecule has 1 unspecified atom stereocenters. The lowest BCUT2D eigenvalue weighted by Crippen LogP contribution is -2.17. The molecule has 1 fully saturated rings. The highest BCUT2D eigenvalue weighted by Crippen LogP contribution is 2.37. The van der Waals surface area contributed by atoms with Gasteiger partial charge in [0.2, 0.25) is 0 Å². The minimum atomic E-state index is 0.0689. The highest BCUT2D eigenvalue weighted by Gasteiger charge is 2.27. The average molecular weight is 348 g/mol. The molecule has 26 heavy (non-hydrogen) atoms. The van der Waals surface area contributed by atoms with Crippen LogP contribution < -0.4 is 0 Å². The van der Waals surface area contributed by atoms with Gasteiger partial charge in [-0.1, -0.05) is 18.0 Å². The van der Waals surface area contributed by atoms with Crippen LogP contribution in [-0.2, 0) is 6.54 Å². The van der Waals surface area contributed by atoms with Gasteiger partial charge in [-0.2, -0.15) is 20.4 Å². The Labute approximate surface area is 151 Å². The van der Waals surface area contributed by atoms with Crippen molar-refractivity contribution in [1.82, 2.24) is 19.4 Å². The molecule has 0 bridgehead atoms. The monoisotopic (exact) mass is 348 g/mol. The van der Waals surface area contributed by atoms with Crippen molar-refractivity contribution in [3.8, 4) is 17.2 Å². The quantitative estimate of drug-likeness (QED) is 0.627. The first-order chi connectivity index (χ1) is 12.8. The standard InChI is InChI=1S/C19H20N6O/c20-8-7-17(14-4-1-2-5-14)25-13-16(11-22-25)19-15(12-23-26)10-21-24-9-3-6-18(19)24/h3,6,9-11,13-14,17H,1-2,4-5,7,12H2. The molecule has 3 heterocycles. The zero-order valence-electron chi connectivity index (χ0n) is 14.5. The number of nitrogens with zero attached hydrogens (tertiary/aromatic N) is 6. The number of fused-ring (bicyclic) bond motifs is 1. The molecular formula is C19H20N6O. The second kappa shape index (κ2) is 7.08. The molecule has 0 aromatic carbocycles. The molecule has 132 valence electrons. The van der Waals surface area contributed by atoms with Crippen LogP contribution >= 0.6 is 0 Å². The molecule has 4 rings (SSSR count). The zero-order valence-corrected chi connectivity index (χ0v) is 14.5. The summed E-state index contributed by atoms with van der Waals surface area (Å²) >= 11 is 0. The molecule has 0 amide bonds. The lowest BCUT2D eigenvalue weighted by molar-refractivity contribution is 0.315. The van der Waals surface area contributed by atoms with Crippen LogP contribution in [-0.4, -0.2) is 19.4 Å². The summed E-state index contributed by atoms with van der Waals surface area (Å²) in [6.45, 7) is 0.0689. The van der Waals surface area contributed by atoms with Gasteiger partial charge in [0.25, 0.3) is 0 Å². The first kappa shape index (κ1) is 16.5. The summed E-state index contributed by atoms with van der Waals surface area (Å²) in [6, 6.07) is 6.32. The number of hydrogen-bond acceptors (Lipinski definition) is 5. The van der Waals surface area contributed by atoms with Gasteiger partial charge >= 0.3 is 0 Å². The van der Waals surface area contributed by atoms with Crippen molar-refractivity contribution in [3.05, 3.63) is 47.4 Å². The Bertz CT molecular complexity index is 960. The van der Waals surface area contributed by atoms with E-state index in [0.29, 0.717) is 12.3 Å². The maximum Gasteiger partial charge on any atom is 0.108 e. The molecule has 0 saturated heterocycles. The summed E-state index contributed by atoms with van der Waals surface area (Å²) in [5.74, 6) is 0.504. The van der Waals surface area contributed by atoms with E-state index in [1.807, 2.05) is 35.4 Å². The van der Waals surface area contributed by atoms with Gasteiger partial charge < -0.3 is 0 Å². The second-order valence-corrected chi connectivity index (χ2v) is 6.85. The lowest BCUT2D eigenvalue weighted by atomic mass is 9.96. The summed E-state index contributed by atoms with van der Waals surface area (Å²) in [5, 5.41) is 21.2. The molecule has 0 radical (unpaired) electrons. The fraction of sp³-hybridized carbons (Fsp3) is 0.421. The van der Waals surface area contributed by atoms with Crippen molar-refractivity contribution in [3.63, 3.8) is 0 Å². The number of nitroso groups, excluding NO2 is 1. The van der Waals surface area contributed by atoms with Crippen molar-refractivity contribution in [2.24, 2.45) is 11.1 Å².